The number of thiocarbonyl (C=S) groups is 1. The van der Waals surface area contributed by atoms with E-state index >= 15 is 0 Å². The number of amides is 1. The lowest BCUT2D eigenvalue weighted by Crippen LogP contribution is -2.17. The van der Waals surface area contributed by atoms with Crippen LogP contribution in [0.25, 0.3) is 6.08 Å². The van der Waals surface area contributed by atoms with Crippen molar-refractivity contribution < 1.29 is 19.0 Å². The zero-order valence-corrected chi connectivity index (χ0v) is 17.3. The Kier molecular flexibility index (Phi) is 6.95. The molecule has 1 saturated heterocycles. The zero-order valence-electron chi connectivity index (χ0n) is 15.7. The number of thioether (sulfide) groups is 1. The minimum absolute atomic E-state index is 0.199. The van der Waals surface area contributed by atoms with Gasteiger partial charge in [-0.1, -0.05) is 54.3 Å². The Morgan fingerprint density at radius 1 is 1.07 bits per heavy atom. The van der Waals surface area contributed by atoms with Crippen molar-refractivity contribution in [1.82, 2.24) is 5.32 Å². The number of rotatable bonds is 8. The molecule has 2 aromatic carbocycles. The lowest BCUT2D eigenvalue weighted by atomic mass is 10.1. The molecule has 1 fully saturated rings. The Morgan fingerprint density at radius 2 is 1.82 bits per heavy atom. The van der Waals surface area contributed by atoms with Gasteiger partial charge in [0.25, 0.3) is 5.91 Å². The van der Waals surface area contributed by atoms with Crippen LogP contribution in [0, 0.1) is 6.92 Å². The minimum Gasteiger partial charge on any atom is -0.493 e. The largest absolute Gasteiger partial charge is 0.493 e. The number of ether oxygens (including phenoxy) is 3. The summed E-state index contributed by atoms with van der Waals surface area (Å²) in [6.07, 6.45) is 2.47. The maximum atomic E-state index is 11.9. The van der Waals surface area contributed by atoms with E-state index in [0.717, 1.165) is 16.9 Å². The topological polar surface area (TPSA) is 56.8 Å². The van der Waals surface area contributed by atoms with E-state index in [0.29, 0.717) is 40.4 Å². The molecule has 3 rings (SSSR count). The van der Waals surface area contributed by atoms with E-state index in [4.69, 9.17) is 26.4 Å². The SMILES string of the molecule is COc1cccc(/C=C2/SC(=S)NC2=O)c1OCCCOc1ccccc1C. The zero-order chi connectivity index (χ0) is 19.9. The fourth-order valence-electron chi connectivity index (χ4n) is 2.66. The Balaban J connectivity index is 1.64. The van der Waals surface area contributed by atoms with Crippen LogP contribution in [-0.2, 0) is 4.79 Å². The molecule has 0 aliphatic carbocycles. The number of nitrogens with one attached hydrogen (secondary N) is 1. The first-order valence-electron chi connectivity index (χ1n) is 8.81. The van der Waals surface area contributed by atoms with E-state index in [1.807, 2.05) is 49.4 Å². The summed E-state index contributed by atoms with van der Waals surface area (Å²) in [6.45, 7) is 3.02. The molecule has 0 aromatic heterocycles. The highest BCUT2D eigenvalue weighted by Gasteiger charge is 2.23. The normalized spacial score (nSPS) is 14.9. The third-order valence-corrected chi connectivity index (χ3v) is 5.21. The third kappa shape index (κ3) is 5.05. The molecule has 0 spiro atoms. The van der Waals surface area contributed by atoms with Gasteiger partial charge in [0.2, 0.25) is 0 Å². The Bertz CT molecular complexity index is 911. The van der Waals surface area contributed by atoms with Crippen LogP contribution in [0.4, 0.5) is 0 Å². The van der Waals surface area contributed by atoms with Gasteiger partial charge in [-0.2, -0.15) is 0 Å². The molecule has 2 aromatic rings. The Morgan fingerprint density at radius 3 is 2.54 bits per heavy atom. The Labute approximate surface area is 174 Å². The number of aryl methyl sites for hydroxylation is 1. The predicted octanol–water partition coefficient (Wildman–Crippen LogP) is 4.34. The summed E-state index contributed by atoms with van der Waals surface area (Å²) in [5, 5.41) is 2.61. The molecule has 0 saturated carbocycles. The fraction of sp³-hybridized carbons (Fsp3) is 0.238. The summed E-state index contributed by atoms with van der Waals surface area (Å²) in [5.41, 5.74) is 1.87. The van der Waals surface area contributed by atoms with Crippen LogP contribution in [0.5, 0.6) is 17.2 Å². The first-order chi connectivity index (χ1) is 13.6. The van der Waals surface area contributed by atoms with E-state index in [1.165, 1.54) is 11.8 Å². The van der Waals surface area contributed by atoms with Crippen molar-refractivity contribution in [3.63, 3.8) is 0 Å². The lowest BCUT2D eigenvalue weighted by molar-refractivity contribution is -0.115. The van der Waals surface area contributed by atoms with Gasteiger partial charge in [-0.3, -0.25) is 4.79 Å². The average molecular weight is 416 g/mol. The van der Waals surface area contributed by atoms with Crippen LogP contribution < -0.4 is 19.5 Å². The number of hydrogen-bond donors (Lipinski definition) is 1. The molecule has 1 amide bonds. The van der Waals surface area contributed by atoms with Crippen LogP contribution >= 0.6 is 24.0 Å². The third-order valence-electron chi connectivity index (χ3n) is 4.04. The van der Waals surface area contributed by atoms with Crippen molar-refractivity contribution in [1.29, 1.82) is 0 Å². The number of carbonyl (C=O) groups excluding carboxylic acids is 1. The van der Waals surface area contributed by atoms with Crippen LogP contribution in [-0.4, -0.2) is 30.6 Å². The second-order valence-electron chi connectivity index (χ2n) is 6.05. The van der Waals surface area contributed by atoms with Gasteiger partial charge in [-0.05, 0) is 30.7 Å². The minimum atomic E-state index is -0.199. The van der Waals surface area contributed by atoms with Crippen molar-refractivity contribution in [3.05, 3.63) is 58.5 Å². The van der Waals surface area contributed by atoms with Crippen molar-refractivity contribution in [2.24, 2.45) is 0 Å². The van der Waals surface area contributed by atoms with E-state index in [-0.39, 0.29) is 5.91 Å². The monoisotopic (exact) mass is 415 g/mol. The summed E-state index contributed by atoms with van der Waals surface area (Å²) in [6, 6.07) is 13.5. The molecule has 28 heavy (non-hydrogen) atoms. The molecule has 0 unspecified atom stereocenters. The van der Waals surface area contributed by atoms with E-state index in [2.05, 4.69) is 5.32 Å². The van der Waals surface area contributed by atoms with E-state index < -0.39 is 0 Å². The van der Waals surface area contributed by atoms with Gasteiger partial charge in [0.15, 0.2) is 11.5 Å². The molecule has 0 atom stereocenters. The van der Waals surface area contributed by atoms with Gasteiger partial charge >= 0.3 is 0 Å². The van der Waals surface area contributed by atoms with E-state index in [1.54, 1.807) is 13.2 Å². The number of benzene rings is 2. The summed E-state index contributed by atoms with van der Waals surface area (Å²) >= 11 is 6.28. The van der Waals surface area contributed by atoms with Gasteiger partial charge in [0.05, 0.1) is 25.2 Å². The van der Waals surface area contributed by atoms with Crippen molar-refractivity contribution >= 4 is 40.3 Å². The average Bonchev–Trinajstić information content (AvgIpc) is 3.00. The van der Waals surface area contributed by atoms with Crippen molar-refractivity contribution in [2.45, 2.75) is 13.3 Å². The number of hydrogen-bond acceptors (Lipinski definition) is 6. The molecule has 1 N–H and O–H groups in total. The van der Waals surface area contributed by atoms with Crippen LogP contribution in [0.2, 0.25) is 0 Å². The molecule has 0 radical (unpaired) electrons. The van der Waals surface area contributed by atoms with Gasteiger partial charge < -0.3 is 19.5 Å². The van der Waals surface area contributed by atoms with Crippen molar-refractivity contribution in [2.75, 3.05) is 20.3 Å². The van der Waals surface area contributed by atoms with Gasteiger partial charge in [0.1, 0.15) is 10.1 Å². The van der Waals surface area contributed by atoms with Gasteiger partial charge in [0, 0.05) is 12.0 Å². The first-order valence-corrected chi connectivity index (χ1v) is 10.0. The first kappa shape index (κ1) is 20.2. The molecule has 0 bridgehead atoms. The summed E-state index contributed by atoms with van der Waals surface area (Å²) in [4.78, 5) is 12.5. The highest BCUT2D eigenvalue weighted by atomic mass is 32.2. The smallest absolute Gasteiger partial charge is 0.263 e. The molecular formula is C21H21NO4S2. The molecule has 1 heterocycles. The second kappa shape index (κ2) is 9.61. The lowest BCUT2D eigenvalue weighted by Gasteiger charge is -2.14. The number of para-hydroxylation sites is 2. The maximum absolute atomic E-state index is 11.9. The van der Waals surface area contributed by atoms with Crippen LogP contribution in [0.15, 0.2) is 47.4 Å². The molecule has 146 valence electrons. The summed E-state index contributed by atoms with van der Waals surface area (Å²) in [7, 11) is 1.59. The molecule has 5 nitrogen and oxygen atoms in total. The number of methoxy groups -OCH3 is 1. The van der Waals surface area contributed by atoms with Crippen LogP contribution in [0.3, 0.4) is 0 Å². The van der Waals surface area contributed by atoms with Crippen molar-refractivity contribution in [3.8, 4) is 17.2 Å². The molecular weight excluding hydrogens is 394 g/mol. The summed E-state index contributed by atoms with van der Waals surface area (Å²) in [5.74, 6) is 1.89. The predicted molar refractivity (Wildman–Crippen MR) is 116 cm³/mol. The van der Waals surface area contributed by atoms with Gasteiger partial charge in [-0.25, -0.2) is 0 Å². The number of carbonyl (C=O) groups is 1. The molecule has 7 heteroatoms. The fourth-order valence-corrected chi connectivity index (χ4v) is 3.69. The molecule has 1 aliphatic heterocycles. The Hall–Kier alpha value is -2.51. The maximum Gasteiger partial charge on any atom is 0.263 e. The highest BCUT2D eigenvalue weighted by Crippen LogP contribution is 2.35. The highest BCUT2D eigenvalue weighted by molar-refractivity contribution is 8.26. The molecule has 1 aliphatic rings. The summed E-state index contributed by atoms with van der Waals surface area (Å²) < 4.78 is 17.7. The second-order valence-corrected chi connectivity index (χ2v) is 7.77. The van der Waals surface area contributed by atoms with E-state index in [9.17, 15) is 4.79 Å². The van der Waals surface area contributed by atoms with Gasteiger partial charge in [-0.15, -0.1) is 0 Å². The standard InChI is InChI=1S/C21H21NO4S2/c1-14-7-3-4-9-16(14)25-11-6-12-26-19-15(8-5-10-17(19)24-2)13-18-20(23)22-21(27)28-18/h3-5,7-10,13H,6,11-12H2,1-2H3,(H,22,23,27)/b18-13+. The van der Waals surface area contributed by atoms with Crippen LogP contribution in [0.1, 0.15) is 17.5 Å². The quantitative estimate of drug-likeness (QED) is 0.393.